The molecule has 0 amide bonds. The van der Waals surface area contributed by atoms with Crippen LogP contribution < -0.4 is 11.3 Å². The topological polar surface area (TPSA) is 151 Å². The molecule has 39 heavy (non-hydrogen) atoms. The first-order chi connectivity index (χ1) is 19.0. The van der Waals surface area contributed by atoms with Crippen molar-refractivity contribution in [2.75, 3.05) is 12.3 Å². The summed E-state index contributed by atoms with van der Waals surface area (Å²) in [6.07, 6.45) is 1.36. The molecule has 3 aromatic heterocycles. The van der Waals surface area contributed by atoms with Crippen LogP contribution in [0.5, 0.6) is 0 Å². The number of nitrogens with zero attached hydrogens (tertiary/aromatic N) is 5. The Morgan fingerprint density at radius 3 is 2.62 bits per heavy atom. The number of nitrogen functional groups attached to an aromatic ring is 1. The van der Waals surface area contributed by atoms with Crippen LogP contribution in [0.25, 0.3) is 44.5 Å². The summed E-state index contributed by atoms with van der Waals surface area (Å²) in [5, 5.41) is 18.4. The molecule has 0 radical (unpaired) electrons. The van der Waals surface area contributed by atoms with Gasteiger partial charge in [0.2, 0.25) is 0 Å². The van der Waals surface area contributed by atoms with Crippen LogP contribution in [0.1, 0.15) is 23.0 Å². The van der Waals surface area contributed by atoms with Gasteiger partial charge in [-0.15, -0.1) is 0 Å². The van der Waals surface area contributed by atoms with Gasteiger partial charge >= 0.3 is 5.97 Å². The van der Waals surface area contributed by atoms with Crippen molar-refractivity contribution in [2.24, 2.45) is 0 Å². The van der Waals surface area contributed by atoms with Gasteiger partial charge < -0.3 is 20.1 Å². The van der Waals surface area contributed by atoms with Crippen molar-refractivity contribution in [1.82, 2.24) is 24.5 Å². The average molecular weight is 523 g/mol. The molecule has 3 N–H and O–H groups in total. The van der Waals surface area contributed by atoms with Crippen molar-refractivity contribution in [3.8, 4) is 22.5 Å². The smallest absolute Gasteiger partial charge is 0.361 e. The number of anilines is 1. The highest BCUT2D eigenvalue weighted by molar-refractivity contribution is 6.00. The third-order valence-corrected chi connectivity index (χ3v) is 6.42. The van der Waals surface area contributed by atoms with E-state index in [0.717, 1.165) is 16.7 Å². The molecule has 0 fully saturated rings. The fourth-order valence-corrected chi connectivity index (χ4v) is 4.53. The van der Waals surface area contributed by atoms with Gasteiger partial charge in [0.15, 0.2) is 22.6 Å². The zero-order valence-electron chi connectivity index (χ0n) is 20.7. The average Bonchev–Trinajstić information content (AvgIpc) is 3.54. The summed E-state index contributed by atoms with van der Waals surface area (Å²) >= 11 is 0. The van der Waals surface area contributed by atoms with E-state index in [1.807, 2.05) is 36.4 Å². The van der Waals surface area contributed by atoms with E-state index < -0.39 is 11.5 Å². The van der Waals surface area contributed by atoms with Gasteiger partial charge in [-0.1, -0.05) is 41.6 Å². The van der Waals surface area contributed by atoms with Gasteiger partial charge in [0.05, 0.1) is 30.0 Å². The normalized spacial score (nSPS) is 11.3. The first-order valence-electron chi connectivity index (χ1n) is 12.1. The number of nitrogens with two attached hydrogens (primary N) is 1. The number of carbonyl (C=O) groups excluding carboxylic acids is 1. The Morgan fingerprint density at radius 1 is 1.08 bits per heavy atom. The molecule has 0 aliphatic heterocycles. The van der Waals surface area contributed by atoms with Gasteiger partial charge in [-0.05, 0) is 53.9 Å². The lowest BCUT2D eigenvalue weighted by Crippen LogP contribution is -2.21. The minimum absolute atomic E-state index is 0.0783. The highest BCUT2D eigenvalue weighted by atomic mass is 16.5. The van der Waals surface area contributed by atoms with Crippen LogP contribution in [0.15, 0.2) is 82.4 Å². The molecule has 6 rings (SSSR count). The maximum atomic E-state index is 13.9. The van der Waals surface area contributed by atoms with E-state index in [9.17, 15) is 14.7 Å². The molecule has 0 aliphatic rings. The van der Waals surface area contributed by atoms with E-state index in [2.05, 4.69) is 15.2 Å². The summed E-state index contributed by atoms with van der Waals surface area (Å²) in [6, 6.07) is 19.9. The number of hydrogen-bond donors (Lipinski definition) is 2. The van der Waals surface area contributed by atoms with Gasteiger partial charge in [-0.25, -0.2) is 14.5 Å². The second-order valence-corrected chi connectivity index (χ2v) is 8.71. The van der Waals surface area contributed by atoms with E-state index in [0.29, 0.717) is 22.3 Å². The van der Waals surface area contributed by atoms with Crippen molar-refractivity contribution in [1.29, 1.82) is 0 Å². The number of aliphatic hydroxyl groups is 1. The van der Waals surface area contributed by atoms with E-state index in [1.54, 1.807) is 37.3 Å². The van der Waals surface area contributed by atoms with Crippen molar-refractivity contribution < 1.29 is 19.2 Å². The van der Waals surface area contributed by atoms with Crippen molar-refractivity contribution >= 4 is 33.8 Å². The molecule has 3 aromatic carbocycles. The predicted octanol–water partition coefficient (Wildman–Crippen LogP) is 3.63. The Labute approximate surface area is 220 Å². The molecule has 0 spiro atoms. The largest absolute Gasteiger partial charge is 0.461 e. The van der Waals surface area contributed by atoms with E-state index in [-0.39, 0.29) is 35.8 Å². The number of benzene rings is 3. The summed E-state index contributed by atoms with van der Waals surface area (Å²) in [4.78, 5) is 31.0. The van der Waals surface area contributed by atoms with E-state index >= 15 is 0 Å². The quantitative estimate of drug-likeness (QED) is 0.312. The monoisotopic (exact) mass is 522 g/mol. The molecule has 0 saturated carbocycles. The molecular formula is C28H22N6O5. The van der Waals surface area contributed by atoms with Crippen LogP contribution >= 0.6 is 0 Å². The highest BCUT2D eigenvalue weighted by Crippen LogP contribution is 2.27. The summed E-state index contributed by atoms with van der Waals surface area (Å²) < 4.78 is 13.1. The summed E-state index contributed by atoms with van der Waals surface area (Å²) in [7, 11) is 0. The van der Waals surface area contributed by atoms with Crippen LogP contribution in [0.2, 0.25) is 0 Å². The Balaban J connectivity index is 1.52. The Morgan fingerprint density at radius 2 is 1.85 bits per heavy atom. The van der Waals surface area contributed by atoms with E-state index in [4.69, 9.17) is 15.0 Å². The van der Waals surface area contributed by atoms with Crippen LogP contribution in [0.3, 0.4) is 0 Å². The number of aliphatic hydroxyl groups excluding tert-OH is 1. The standard InChI is InChI=1S/C28H22N6O5/c1-2-38-28(37)24-23-25(34(31-24)19-11-12-22-21(13-19)26(29)32-39-22)27(36)33(15-30-23)18-9-7-16(8-10-18)20-6-4-3-5-17(20)14-35/h3-13,15,35H,2,14H2,1H3,(H2,29,32). The maximum absolute atomic E-state index is 13.9. The first kappa shape index (κ1) is 24.1. The lowest BCUT2D eigenvalue weighted by Gasteiger charge is -2.10. The van der Waals surface area contributed by atoms with E-state index in [1.165, 1.54) is 15.6 Å². The molecular weight excluding hydrogens is 500 g/mol. The third-order valence-electron chi connectivity index (χ3n) is 6.42. The SMILES string of the molecule is CCOC(=O)c1nn(-c2ccc3onc(N)c3c2)c2c(=O)n(-c3ccc(-c4ccccc4CO)cc3)cnc12. The minimum atomic E-state index is -0.691. The maximum Gasteiger partial charge on any atom is 0.361 e. The van der Waals surface area contributed by atoms with Gasteiger partial charge in [-0.3, -0.25) is 9.36 Å². The van der Waals surface area contributed by atoms with Gasteiger partial charge in [0, 0.05) is 0 Å². The Bertz CT molecular complexity index is 1920. The molecule has 3 heterocycles. The molecule has 0 atom stereocenters. The van der Waals surface area contributed by atoms with Gasteiger partial charge in [0.25, 0.3) is 5.56 Å². The zero-order valence-corrected chi connectivity index (χ0v) is 20.7. The predicted molar refractivity (Wildman–Crippen MR) is 144 cm³/mol. The van der Waals surface area contributed by atoms with Crippen LogP contribution in [0, 0.1) is 0 Å². The lowest BCUT2D eigenvalue weighted by molar-refractivity contribution is 0.0521. The molecule has 11 heteroatoms. The number of ether oxygens (including phenoxy) is 1. The molecule has 0 saturated heterocycles. The molecule has 194 valence electrons. The molecule has 0 unspecified atom stereocenters. The van der Waals surface area contributed by atoms with Crippen LogP contribution in [-0.4, -0.2) is 42.2 Å². The summed E-state index contributed by atoms with van der Waals surface area (Å²) in [5.41, 5.74) is 9.69. The Kier molecular flexibility index (Phi) is 5.89. The zero-order chi connectivity index (χ0) is 27.1. The number of fused-ring (bicyclic) bond motifs is 2. The molecule has 11 nitrogen and oxygen atoms in total. The van der Waals surface area contributed by atoms with Crippen molar-refractivity contribution in [2.45, 2.75) is 13.5 Å². The third kappa shape index (κ3) is 4.01. The first-order valence-corrected chi connectivity index (χ1v) is 12.1. The van der Waals surface area contributed by atoms with Crippen LogP contribution in [0.4, 0.5) is 5.82 Å². The second kappa shape index (κ2) is 9.54. The minimum Gasteiger partial charge on any atom is -0.461 e. The number of esters is 1. The number of carbonyl (C=O) groups is 1. The molecule has 6 aromatic rings. The fraction of sp³-hybridized carbons (Fsp3) is 0.107. The number of aromatic nitrogens is 5. The van der Waals surface area contributed by atoms with Crippen molar-refractivity contribution in [3.05, 3.63) is 94.7 Å². The second-order valence-electron chi connectivity index (χ2n) is 8.71. The number of hydrogen-bond acceptors (Lipinski definition) is 9. The molecule has 0 aliphatic carbocycles. The molecule has 0 bridgehead atoms. The fourth-order valence-electron chi connectivity index (χ4n) is 4.53. The van der Waals surface area contributed by atoms with Crippen LogP contribution in [-0.2, 0) is 11.3 Å². The van der Waals surface area contributed by atoms with Gasteiger partial charge in [0.1, 0.15) is 11.8 Å². The summed E-state index contributed by atoms with van der Waals surface area (Å²) in [5.74, 6) is -0.504. The van der Waals surface area contributed by atoms with Crippen molar-refractivity contribution in [3.63, 3.8) is 0 Å². The Hall–Kier alpha value is -5.29. The lowest BCUT2D eigenvalue weighted by atomic mass is 10.00. The number of rotatable bonds is 6. The highest BCUT2D eigenvalue weighted by Gasteiger charge is 2.24. The summed E-state index contributed by atoms with van der Waals surface area (Å²) in [6.45, 7) is 1.74. The van der Waals surface area contributed by atoms with Gasteiger partial charge in [-0.2, -0.15) is 5.10 Å².